The number of nitrogens with zero attached hydrogens (tertiary/aromatic N) is 1. The topological polar surface area (TPSA) is 65.8 Å². The summed E-state index contributed by atoms with van der Waals surface area (Å²) in [7, 11) is 0. The van der Waals surface area contributed by atoms with Gasteiger partial charge in [0.1, 0.15) is 0 Å². The van der Waals surface area contributed by atoms with Crippen LogP contribution in [0.2, 0.25) is 5.02 Å². The maximum atomic E-state index is 12.1. The third-order valence-corrected chi connectivity index (χ3v) is 3.56. The molecule has 4 nitrogen and oxygen atoms in total. The molecule has 0 aliphatic rings. The lowest BCUT2D eigenvalue weighted by atomic mass is 10.1. The molecule has 0 unspecified atom stereocenters. The van der Waals surface area contributed by atoms with Crippen LogP contribution in [0.3, 0.4) is 0 Å². The van der Waals surface area contributed by atoms with Crippen molar-refractivity contribution in [2.75, 3.05) is 0 Å². The highest BCUT2D eigenvalue weighted by molar-refractivity contribution is 6.30. The van der Waals surface area contributed by atoms with Crippen LogP contribution in [0.1, 0.15) is 23.7 Å². The molecule has 0 atom stereocenters. The van der Waals surface area contributed by atoms with Gasteiger partial charge in [0, 0.05) is 34.6 Å². The minimum Gasteiger partial charge on any atom is -0.348 e. The first-order valence-electron chi connectivity index (χ1n) is 7.18. The van der Waals surface area contributed by atoms with Crippen LogP contribution >= 0.6 is 11.6 Å². The second-order valence-corrected chi connectivity index (χ2v) is 5.67. The quantitative estimate of drug-likeness (QED) is 0.650. The first-order chi connectivity index (χ1) is 11.0. The molecule has 118 valence electrons. The van der Waals surface area contributed by atoms with E-state index in [1.807, 2.05) is 31.2 Å². The molecule has 0 fully saturated rings. The fraction of sp³-hybridized carbons (Fsp3) is 0.167. The maximum Gasteiger partial charge on any atom is 0.247 e. The Morgan fingerprint density at radius 2 is 1.96 bits per heavy atom. The van der Waals surface area contributed by atoms with Crippen molar-refractivity contribution in [2.45, 2.75) is 20.4 Å². The van der Waals surface area contributed by atoms with Gasteiger partial charge in [0.25, 0.3) is 0 Å². The van der Waals surface area contributed by atoms with Gasteiger partial charge in [-0.1, -0.05) is 23.7 Å². The summed E-state index contributed by atoms with van der Waals surface area (Å²) in [6.45, 7) is 3.99. The van der Waals surface area contributed by atoms with E-state index < -0.39 is 0 Å². The van der Waals surface area contributed by atoms with Crippen molar-refractivity contribution in [3.63, 3.8) is 0 Å². The van der Waals surface area contributed by atoms with E-state index >= 15 is 0 Å². The Bertz CT molecular complexity index is 734. The maximum absolute atomic E-state index is 12.1. The molecule has 0 radical (unpaired) electrons. The number of carbonyl (C=O) groups excluding carboxylic acids is 1. The number of hydrogen-bond acceptors (Lipinski definition) is 3. The molecule has 1 aromatic carbocycles. The van der Waals surface area contributed by atoms with Crippen LogP contribution in [0, 0.1) is 12.3 Å². The summed E-state index contributed by atoms with van der Waals surface area (Å²) in [4.78, 5) is 16.2. The zero-order valence-electron chi connectivity index (χ0n) is 13.1. The van der Waals surface area contributed by atoms with Gasteiger partial charge in [-0.25, -0.2) is 0 Å². The van der Waals surface area contributed by atoms with Gasteiger partial charge in [-0.3, -0.25) is 9.78 Å². The third kappa shape index (κ3) is 5.04. The first kappa shape index (κ1) is 16.9. The number of rotatable bonds is 5. The minimum absolute atomic E-state index is 0.204. The Balaban J connectivity index is 1.96. The largest absolute Gasteiger partial charge is 0.348 e. The molecule has 0 saturated carbocycles. The number of nitrogens with one attached hydrogen (secondary N) is 2. The molecule has 1 amide bonds. The van der Waals surface area contributed by atoms with E-state index in [-0.39, 0.29) is 11.6 Å². The van der Waals surface area contributed by atoms with E-state index in [4.69, 9.17) is 17.0 Å². The molecule has 0 saturated heterocycles. The average Bonchev–Trinajstić information content (AvgIpc) is 2.54. The van der Waals surface area contributed by atoms with Crippen LogP contribution in [0.15, 0.2) is 54.2 Å². The zero-order valence-corrected chi connectivity index (χ0v) is 13.8. The molecular weight excluding hydrogens is 310 g/mol. The summed E-state index contributed by atoms with van der Waals surface area (Å²) in [6.07, 6.45) is 3.18. The SMILES string of the molecule is C/C(=C/C(=N)c1ccc(C)nc1)C(=O)NCc1ccc(Cl)cc1. The first-order valence-corrected chi connectivity index (χ1v) is 7.56. The number of benzene rings is 1. The van der Waals surface area contributed by atoms with Gasteiger partial charge >= 0.3 is 0 Å². The van der Waals surface area contributed by atoms with E-state index in [0.717, 1.165) is 11.3 Å². The summed E-state index contributed by atoms with van der Waals surface area (Å²) in [6, 6.07) is 11.0. The number of aryl methyl sites for hydroxylation is 1. The summed E-state index contributed by atoms with van der Waals surface area (Å²) in [5, 5.41) is 11.5. The van der Waals surface area contributed by atoms with Gasteiger partial charge in [0.15, 0.2) is 0 Å². The molecule has 1 aromatic heterocycles. The fourth-order valence-electron chi connectivity index (χ4n) is 1.92. The number of hydrogen-bond donors (Lipinski definition) is 2. The number of aromatic nitrogens is 1. The molecule has 0 aliphatic heterocycles. The predicted octanol–water partition coefficient (Wildman–Crippen LogP) is 3.67. The zero-order chi connectivity index (χ0) is 16.8. The Morgan fingerprint density at radius 1 is 1.26 bits per heavy atom. The van der Waals surface area contributed by atoms with Gasteiger partial charge in [0.2, 0.25) is 5.91 Å². The monoisotopic (exact) mass is 327 g/mol. The molecular formula is C18H18ClN3O. The standard InChI is InChI=1S/C18H18ClN3O/c1-12(9-17(20)15-6-3-13(2)21-11-15)18(23)22-10-14-4-7-16(19)8-5-14/h3-9,11,20H,10H2,1-2H3,(H,22,23)/b12-9-,20-17?. The lowest BCUT2D eigenvalue weighted by Gasteiger charge is -2.06. The van der Waals surface area contributed by atoms with Gasteiger partial charge in [-0.2, -0.15) is 0 Å². The number of amides is 1. The summed E-state index contributed by atoms with van der Waals surface area (Å²) in [5.41, 5.74) is 3.28. The van der Waals surface area contributed by atoms with Crippen molar-refractivity contribution in [1.29, 1.82) is 5.41 Å². The second-order valence-electron chi connectivity index (χ2n) is 5.24. The smallest absolute Gasteiger partial charge is 0.247 e. The lowest BCUT2D eigenvalue weighted by molar-refractivity contribution is -0.117. The van der Waals surface area contributed by atoms with Crippen molar-refractivity contribution in [3.8, 4) is 0 Å². The van der Waals surface area contributed by atoms with Crippen LogP contribution in [-0.2, 0) is 11.3 Å². The van der Waals surface area contributed by atoms with Crippen LogP contribution in [0.25, 0.3) is 0 Å². The van der Waals surface area contributed by atoms with Crippen LogP contribution in [0.5, 0.6) is 0 Å². The lowest BCUT2D eigenvalue weighted by Crippen LogP contribution is -2.24. The van der Waals surface area contributed by atoms with Crippen molar-refractivity contribution >= 4 is 23.2 Å². The Hall–Kier alpha value is -2.46. The number of carbonyl (C=O) groups is 1. The number of allylic oxidation sites excluding steroid dienone is 1. The molecule has 0 bridgehead atoms. The van der Waals surface area contributed by atoms with E-state index in [2.05, 4.69) is 10.3 Å². The van der Waals surface area contributed by atoms with Crippen molar-refractivity contribution < 1.29 is 4.79 Å². The summed E-state index contributed by atoms with van der Waals surface area (Å²) >= 11 is 5.82. The Labute approximate surface area is 140 Å². The van der Waals surface area contributed by atoms with Crippen molar-refractivity contribution in [1.82, 2.24) is 10.3 Å². The van der Waals surface area contributed by atoms with E-state index in [0.29, 0.717) is 22.7 Å². The predicted molar refractivity (Wildman–Crippen MR) is 92.9 cm³/mol. The summed E-state index contributed by atoms with van der Waals surface area (Å²) < 4.78 is 0. The van der Waals surface area contributed by atoms with Crippen LogP contribution < -0.4 is 5.32 Å². The van der Waals surface area contributed by atoms with E-state index in [1.54, 1.807) is 31.3 Å². The minimum atomic E-state index is -0.204. The molecule has 2 rings (SSSR count). The highest BCUT2D eigenvalue weighted by atomic mass is 35.5. The third-order valence-electron chi connectivity index (χ3n) is 3.31. The van der Waals surface area contributed by atoms with Gasteiger partial charge in [-0.15, -0.1) is 0 Å². The summed E-state index contributed by atoms with van der Waals surface area (Å²) in [5.74, 6) is -0.204. The van der Waals surface area contributed by atoms with E-state index in [9.17, 15) is 4.79 Å². The normalized spacial score (nSPS) is 11.2. The Morgan fingerprint density at radius 3 is 2.57 bits per heavy atom. The Kier molecular flexibility index (Phi) is 5.66. The molecule has 2 N–H and O–H groups in total. The number of pyridine rings is 1. The van der Waals surface area contributed by atoms with E-state index in [1.165, 1.54) is 0 Å². The van der Waals surface area contributed by atoms with Crippen molar-refractivity contribution in [3.05, 3.63) is 76.1 Å². The van der Waals surface area contributed by atoms with Gasteiger partial charge in [-0.05, 0) is 49.8 Å². The van der Waals surface area contributed by atoms with Gasteiger partial charge < -0.3 is 10.7 Å². The molecule has 2 aromatic rings. The molecule has 0 aliphatic carbocycles. The molecule has 0 spiro atoms. The number of halogens is 1. The molecule has 23 heavy (non-hydrogen) atoms. The van der Waals surface area contributed by atoms with Crippen LogP contribution in [0.4, 0.5) is 0 Å². The fourth-order valence-corrected chi connectivity index (χ4v) is 2.04. The highest BCUT2D eigenvalue weighted by Gasteiger charge is 2.06. The van der Waals surface area contributed by atoms with Crippen molar-refractivity contribution in [2.24, 2.45) is 0 Å². The molecule has 1 heterocycles. The molecule has 5 heteroatoms. The average molecular weight is 328 g/mol. The second kappa shape index (κ2) is 7.70. The van der Waals surface area contributed by atoms with Crippen LogP contribution in [-0.4, -0.2) is 16.6 Å². The highest BCUT2D eigenvalue weighted by Crippen LogP contribution is 2.09. The van der Waals surface area contributed by atoms with Gasteiger partial charge in [0.05, 0.1) is 5.71 Å².